The van der Waals surface area contributed by atoms with Crippen molar-refractivity contribution >= 4 is 23.7 Å². The molecule has 2 aliphatic carbocycles. The van der Waals surface area contributed by atoms with Gasteiger partial charge in [-0.05, 0) is 60.5 Å². The Morgan fingerprint density at radius 1 is 1.03 bits per heavy atom. The molecule has 0 amide bonds. The minimum atomic E-state index is -1.30. The number of carbonyl (C=O) groups excluding carboxylic acids is 4. The highest BCUT2D eigenvalue weighted by Crippen LogP contribution is 2.50. The average molecular weight is 493 g/mol. The number of aliphatic hydroxyl groups excluding tert-OH is 2. The van der Waals surface area contributed by atoms with E-state index in [0.717, 1.165) is 0 Å². The molecule has 194 valence electrons. The van der Waals surface area contributed by atoms with Crippen molar-refractivity contribution in [1.82, 2.24) is 0 Å². The highest BCUT2D eigenvalue weighted by molar-refractivity contribution is 6.01. The van der Waals surface area contributed by atoms with Gasteiger partial charge in [-0.25, -0.2) is 0 Å². The number of Topliss-reactive ketones (excluding diaryl/α,β-unsaturated/α-hetero) is 1. The Morgan fingerprint density at radius 2 is 1.60 bits per heavy atom. The Bertz CT molecular complexity index is 969. The van der Waals surface area contributed by atoms with E-state index in [0.29, 0.717) is 11.1 Å². The lowest BCUT2D eigenvalue weighted by Gasteiger charge is -2.48. The number of ketones is 1. The zero-order chi connectivity index (χ0) is 26.7. The van der Waals surface area contributed by atoms with Crippen LogP contribution in [0.5, 0.6) is 0 Å². The second-order valence-corrected chi connectivity index (χ2v) is 9.72. The zero-order valence-electron chi connectivity index (χ0n) is 21.4. The van der Waals surface area contributed by atoms with Crippen LogP contribution in [-0.4, -0.2) is 64.9 Å². The van der Waals surface area contributed by atoms with Gasteiger partial charge < -0.3 is 24.4 Å². The van der Waals surface area contributed by atoms with Gasteiger partial charge in [0, 0.05) is 26.7 Å². The van der Waals surface area contributed by atoms with Gasteiger partial charge in [-0.3, -0.25) is 19.2 Å². The molecular formula is C26H36O9. The van der Waals surface area contributed by atoms with Gasteiger partial charge in [-0.1, -0.05) is 19.9 Å². The van der Waals surface area contributed by atoms with E-state index in [-0.39, 0.29) is 24.0 Å². The first-order chi connectivity index (χ1) is 16.2. The quantitative estimate of drug-likeness (QED) is 0.344. The second-order valence-electron chi connectivity index (χ2n) is 9.72. The molecule has 0 spiro atoms. The summed E-state index contributed by atoms with van der Waals surface area (Å²) in [5.74, 6) is -2.81. The molecule has 35 heavy (non-hydrogen) atoms. The molecular weight excluding hydrogens is 456 g/mol. The summed E-state index contributed by atoms with van der Waals surface area (Å²) in [7, 11) is 0. The van der Waals surface area contributed by atoms with E-state index in [9.17, 15) is 29.4 Å². The first-order valence-electron chi connectivity index (χ1n) is 11.6. The molecule has 0 saturated heterocycles. The van der Waals surface area contributed by atoms with Crippen LogP contribution in [0.2, 0.25) is 0 Å². The third kappa shape index (κ3) is 6.46. The molecule has 2 aliphatic rings. The molecule has 0 aromatic heterocycles. The molecule has 0 heterocycles. The summed E-state index contributed by atoms with van der Waals surface area (Å²) in [5.41, 5.74) is 0.659. The average Bonchev–Trinajstić information content (AvgIpc) is 2.73. The van der Waals surface area contributed by atoms with Gasteiger partial charge in [-0.15, -0.1) is 0 Å². The molecule has 0 fully saturated rings. The lowest BCUT2D eigenvalue weighted by Crippen LogP contribution is -2.49. The molecule has 9 nitrogen and oxygen atoms in total. The zero-order valence-corrected chi connectivity index (χ0v) is 21.4. The van der Waals surface area contributed by atoms with Crippen molar-refractivity contribution in [3.8, 4) is 0 Å². The Hall–Kier alpha value is -2.78. The largest absolute Gasteiger partial charge is 0.458 e. The second kappa shape index (κ2) is 11.3. The number of aliphatic hydroxyl groups is 2. The maximum Gasteiger partial charge on any atom is 0.303 e. The summed E-state index contributed by atoms with van der Waals surface area (Å²) in [6, 6.07) is 0. The van der Waals surface area contributed by atoms with E-state index in [1.807, 2.05) is 13.8 Å². The van der Waals surface area contributed by atoms with Crippen molar-refractivity contribution in [3.63, 3.8) is 0 Å². The van der Waals surface area contributed by atoms with E-state index in [2.05, 4.69) is 0 Å². The molecule has 0 aromatic carbocycles. The van der Waals surface area contributed by atoms with Gasteiger partial charge in [0.25, 0.3) is 0 Å². The van der Waals surface area contributed by atoms with Gasteiger partial charge in [-0.2, -0.15) is 0 Å². The Morgan fingerprint density at radius 3 is 2.11 bits per heavy atom. The normalized spacial score (nSPS) is 32.1. The fourth-order valence-corrected chi connectivity index (χ4v) is 5.07. The van der Waals surface area contributed by atoms with Gasteiger partial charge in [0.1, 0.15) is 12.2 Å². The fourth-order valence-electron chi connectivity index (χ4n) is 5.07. The van der Waals surface area contributed by atoms with Crippen LogP contribution in [0.4, 0.5) is 0 Å². The third-order valence-corrected chi connectivity index (χ3v) is 6.81. The smallest absolute Gasteiger partial charge is 0.303 e. The van der Waals surface area contributed by atoms with Crippen molar-refractivity contribution in [3.05, 3.63) is 34.4 Å². The minimum Gasteiger partial charge on any atom is -0.458 e. The lowest BCUT2D eigenvalue weighted by atomic mass is 9.60. The number of esters is 3. The standard InChI is InChI=1S/C26H36O9/c1-13-8-9-20(31)18(12-27)10-22(34-16(4)29)19-11-21(33-15(3)28)14(2)23(26(19,6)7)25(24(13)32)35-17(5)30/h8,10,19-22,25,27,31H,9,11-12H2,1-7H3/b13-8-,18-10+/t19-,20-,21-,22-,25+/m0/s1. The molecule has 0 saturated carbocycles. The van der Waals surface area contributed by atoms with E-state index in [1.54, 1.807) is 13.8 Å². The highest BCUT2D eigenvalue weighted by atomic mass is 16.6. The number of rotatable bonds is 4. The van der Waals surface area contributed by atoms with E-state index in [1.165, 1.54) is 32.9 Å². The molecule has 0 aromatic rings. The first-order valence-corrected chi connectivity index (χ1v) is 11.6. The lowest BCUT2D eigenvalue weighted by molar-refractivity contribution is -0.156. The Kier molecular flexibility index (Phi) is 9.19. The van der Waals surface area contributed by atoms with Crippen molar-refractivity contribution in [1.29, 1.82) is 0 Å². The van der Waals surface area contributed by atoms with Gasteiger partial charge in [0.05, 0.1) is 12.7 Å². The summed E-state index contributed by atoms with van der Waals surface area (Å²) in [6.07, 6.45) is -0.842. The third-order valence-electron chi connectivity index (χ3n) is 6.81. The Balaban J connectivity index is 2.90. The van der Waals surface area contributed by atoms with Crippen molar-refractivity contribution in [2.45, 2.75) is 85.7 Å². The molecule has 0 unspecified atom stereocenters. The number of hydrogen-bond donors (Lipinski definition) is 2. The first kappa shape index (κ1) is 28.5. The van der Waals surface area contributed by atoms with Crippen LogP contribution in [-0.2, 0) is 33.4 Å². The highest BCUT2D eigenvalue weighted by Gasteiger charge is 2.51. The SMILES string of the molecule is CC(=O)O[C@H]1C(=O)/C(C)=C\C[C@H](O)/C(CO)=C/[C@H](OC(C)=O)[C@@H]2C[C@H](OC(C)=O)C(C)=C1C2(C)C. The summed E-state index contributed by atoms with van der Waals surface area (Å²) < 4.78 is 16.8. The summed E-state index contributed by atoms with van der Waals surface area (Å²) in [4.78, 5) is 49.6. The van der Waals surface area contributed by atoms with Crippen molar-refractivity contribution < 1.29 is 43.6 Å². The molecule has 2 bridgehead atoms. The number of ether oxygens (including phenoxy) is 3. The van der Waals surface area contributed by atoms with Crippen molar-refractivity contribution in [2.24, 2.45) is 11.3 Å². The van der Waals surface area contributed by atoms with Crippen LogP contribution in [0.3, 0.4) is 0 Å². The van der Waals surface area contributed by atoms with Crippen molar-refractivity contribution in [2.75, 3.05) is 6.61 Å². The van der Waals surface area contributed by atoms with Crippen LogP contribution in [0.15, 0.2) is 34.4 Å². The fraction of sp³-hybridized carbons (Fsp3) is 0.615. The van der Waals surface area contributed by atoms with Gasteiger partial charge in [0.2, 0.25) is 5.78 Å². The summed E-state index contributed by atoms with van der Waals surface area (Å²) in [6.45, 7) is 10.2. The van der Waals surface area contributed by atoms with Crippen LogP contribution < -0.4 is 0 Å². The monoisotopic (exact) mass is 492 g/mol. The van der Waals surface area contributed by atoms with E-state index >= 15 is 0 Å². The number of fused-ring (bicyclic) bond motifs is 2. The van der Waals surface area contributed by atoms with Crippen LogP contribution in [0.1, 0.15) is 61.3 Å². The van der Waals surface area contributed by atoms with E-state index in [4.69, 9.17) is 14.2 Å². The minimum absolute atomic E-state index is 0.0196. The molecule has 9 heteroatoms. The predicted molar refractivity (Wildman–Crippen MR) is 126 cm³/mol. The maximum atomic E-state index is 13.6. The summed E-state index contributed by atoms with van der Waals surface area (Å²) in [5, 5.41) is 20.7. The number of hydrogen-bond acceptors (Lipinski definition) is 9. The number of carbonyl (C=O) groups is 4. The molecule has 0 radical (unpaired) electrons. The van der Waals surface area contributed by atoms with Gasteiger partial charge >= 0.3 is 17.9 Å². The molecule has 5 atom stereocenters. The van der Waals surface area contributed by atoms with Crippen LogP contribution in [0, 0.1) is 11.3 Å². The topological polar surface area (TPSA) is 136 Å². The summed E-state index contributed by atoms with van der Waals surface area (Å²) >= 11 is 0. The Labute approximate surface area is 205 Å². The van der Waals surface area contributed by atoms with Crippen LogP contribution in [0.25, 0.3) is 0 Å². The van der Waals surface area contributed by atoms with E-state index < -0.39 is 66.0 Å². The molecule has 2 N–H and O–H groups in total. The van der Waals surface area contributed by atoms with Crippen LogP contribution >= 0.6 is 0 Å². The maximum absolute atomic E-state index is 13.6. The van der Waals surface area contributed by atoms with Gasteiger partial charge in [0.15, 0.2) is 6.10 Å². The molecule has 2 rings (SSSR count). The predicted octanol–water partition coefficient (Wildman–Crippen LogP) is 2.34. The molecule has 0 aliphatic heterocycles.